The van der Waals surface area contributed by atoms with Crippen molar-refractivity contribution in [2.45, 2.75) is 18.3 Å². The number of benzene rings is 1. The number of amides is 1. The zero-order chi connectivity index (χ0) is 17.6. The molecule has 1 aliphatic rings. The molecule has 1 N–H and O–H groups in total. The first-order valence-electron chi connectivity index (χ1n) is 7.55. The molecule has 0 fully saturated rings. The second kappa shape index (κ2) is 8.04. The van der Waals surface area contributed by atoms with Gasteiger partial charge in [0, 0.05) is 25.4 Å². The fourth-order valence-corrected chi connectivity index (χ4v) is 3.04. The van der Waals surface area contributed by atoms with Gasteiger partial charge in [0.05, 0.1) is 5.75 Å². The van der Waals surface area contributed by atoms with Crippen molar-refractivity contribution in [3.8, 4) is 11.5 Å². The molecule has 0 saturated carbocycles. The number of carbonyl (C=O) groups is 1. The first kappa shape index (κ1) is 17.3. The van der Waals surface area contributed by atoms with E-state index in [0.29, 0.717) is 41.3 Å². The molecular formula is C16H18N4O4S. The molecule has 0 bridgehead atoms. The highest BCUT2D eigenvalue weighted by Gasteiger charge is 2.16. The summed E-state index contributed by atoms with van der Waals surface area (Å²) in [5, 5.41) is 11.7. The highest BCUT2D eigenvalue weighted by molar-refractivity contribution is 7.99. The molecule has 1 aromatic carbocycles. The van der Waals surface area contributed by atoms with Gasteiger partial charge in [-0.25, -0.2) is 0 Å². The van der Waals surface area contributed by atoms with Crippen molar-refractivity contribution in [2.24, 2.45) is 0 Å². The summed E-state index contributed by atoms with van der Waals surface area (Å²) in [4.78, 5) is 12.2. The van der Waals surface area contributed by atoms with Gasteiger partial charge in [0.25, 0.3) is 0 Å². The third-order valence-corrected chi connectivity index (χ3v) is 4.33. The van der Waals surface area contributed by atoms with Gasteiger partial charge in [-0.15, -0.1) is 16.8 Å². The van der Waals surface area contributed by atoms with Crippen molar-refractivity contribution in [2.75, 3.05) is 25.0 Å². The molecule has 0 atom stereocenters. The average Bonchev–Trinajstić information content (AvgIpc) is 3.21. The number of carbonyl (C=O) groups excluding carboxylic acids is 1. The Balaban J connectivity index is 1.59. The molecule has 1 aliphatic heterocycles. The number of allylic oxidation sites excluding steroid dienone is 1. The minimum atomic E-state index is -0.148. The van der Waals surface area contributed by atoms with Crippen molar-refractivity contribution in [3.05, 3.63) is 36.7 Å². The number of nitrogens with one attached hydrogen (secondary N) is 1. The van der Waals surface area contributed by atoms with E-state index in [0.717, 1.165) is 0 Å². The minimum absolute atomic E-state index is 0.148. The third-order valence-electron chi connectivity index (χ3n) is 3.37. The normalized spacial score (nSPS) is 12.2. The number of rotatable bonds is 8. The Morgan fingerprint density at radius 1 is 1.44 bits per heavy atom. The van der Waals surface area contributed by atoms with Crippen molar-refractivity contribution in [1.29, 1.82) is 0 Å². The smallest absolute Gasteiger partial charge is 0.234 e. The van der Waals surface area contributed by atoms with E-state index in [1.54, 1.807) is 31.4 Å². The molecule has 0 saturated heterocycles. The average molecular weight is 362 g/mol. The maximum atomic E-state index is 12.2. The van der Waals surface area contributed by atoms with Crippen LogP contribution in [0.2, 0.25) is 0 Å². The predicted molar refractivity (Wildman–Crippen MR) is 92.9 cm³/mol. The van der Waals surface area contributed by atoms with E-state index in [-0.39, 0.29) is 18.5 Å². The zero-order valence-electron chi connectivity index (χ0n) is 13.7. The summed E-state index contributed by atoms with van der Waals surface area (Å²) in [6, 6.07) is 5.28. The Kier molecular flexibility index (Phi) is 5.56. The maximum Gasteiger partial charge on any atom is 0.234 e. The molecule has 132 valence electrons. The van der Waals surface area contributed by atoms with Crippen molar-refractivity contribution >= 4 is 23.4 Å². The Morgan fingerprint density at radius 3 is 3.08 bits per heavy atom. The van der Waals surface area contributed by atoms with Gasteiger partial charge in [0.2, 0.25) is 12.7 Å². The summed E-state index contributed by atoms with van der Waals surface area (Å²) >= 11 is 1.30. The first-order valence-corrected chi connectivity index (χ1v) is 8.54. The van der Waals surface area contributed by atoms with Crippen LogP contribution in [0.4, 0.5) is 5.69 Å². The standard InChI is InChI=1S/C16H18N4O4S/c1-3-6-20-14(8-22-2)18-19-16(20)25-9-15(21)17-11-4-5-12-13(7-11)24-10-23-12/h3-5,7H,1,6,8-10H2,2H3,(H,17,21). The van der Waals surface area contributed by atoms with E-state index in [2.05, 4.69) is 22.1 Å². The van der Waals surface area contributed by atoms with Crippen LogP contribution < -0.4 is 14.8 Å². The molecule has 2 aromatic rings. The van der Waals surface area contributed by atoms with E-state index in [1.165, 1.54) is 11.8 Å². The topological polar surface area (TPSA) is 87.5 Å². The zero-order valence-corrected chi connectivity index (χ0v) is 14.5. The van der Waals surface area contributed by atoms with Crippen LogP contribution in [0.25, 0.3) is 0 Å². The molecule has 2 heterocycles. The van der Waals surface area contributed by atoms with E-state index in [4.69, 9.17) is 14.2 Å². The minimum Gasteiger partial charge on any atom is -0.454 e. The molecule has 3 rings (SSSR count). The number of fused-ring (bicyclic) bond motifs is 1. The number of ether oxygens (including phenoxy) is 3. The lowest BCUT2D eigenvalue weighted by Gasteiger charge is -2.08. The second-order valence-electron chi connectivity index (χ2n) is 5.14. The number of methoxy groups -OCH3 is 1. The van der Waals surface area contributed by atoms with Crippen LogP contribution in [0.5, 0.6) is 11.5 Å². The molecule has 0 aliphatic carbocycles. The van der Waals surface area contributed by atoms with E-state index >= 15 is 0 Å². The lowest BCUT2D eigenvalue weighted by molar-refractivity contribution is -0.113. The number of hydrogen-bond donors (Lipinski definition) is 1. The highest BCUT2D eigenvalue weighted by Crippen LogP contribution is 2.34. The molecule has 8 nitrogen and oxygen atoms in total. The van der Waals surface area contributed by atoms with Gasteiger partial charge >= 0.3 is 0 Å². The van der Waals surface area contributed by atoms with E-state index < -0.39 is 0 Å². The SMILES string of the molecule is C=CCn1c(COC)nnc1SCC(=O)Nc1ccc2c(c1)OCO2. The van der Waals surface area contributed by atoms with Gasteiger partial charge in [-0.3, -0.25) is 4.79 Å². The molecule has 1 amide bonds. The summed E-state index contributed by atoms with van der Waals surface area (Å²) in [5.41, 5.74) is 0.655. The van der Waals surface area contributed by atoms with Crippen LogP contribution in [-0.2, 0) is 22.7 Å². The van der Waals surface area contributed by atoms with Crippen LogP contribution in [0.15, 0.2) is 36.0 Å². The number of thioether (sulfide) groups is 1. The molecule has 25 heavy (non-hydrogen) atoms. The van der Waals surface area contributed by atoms with Crippen LogP contribution >= 0.6 is 11.8 Å². The Bertz CT molecular complexity index is 777. The lowest BCUT2D eigenvalue weighted by atomic mass is 10.3. The Hall–Kier alpha value is -2.52. The van der Waals surface area contributed by atoms with E-state index in [1.807, 2.05) is 4.57 Å². The Morgan fingerprint density at radius 2 is 2.28 bits per heavy atom. The van der Waals surface area contributed by atoms with Crippen molar-refractivity contribution in [3.63, 3.8) is 0 Å². The quantitative estimate of drug-likeness (QED) is 0.568. The van der Waals surface area contributed by atoms with Crippen molar-refractivity contribution in [1.82, 2.24) is 14.8 Å². The van der Waals surface area contributed by atoms with Gasteiger partial charge in [0.15, 0.2) is 22.5 Å². The van der Waals surface area contributed by atoms with Crippen LogP contribution in [0.3, 0.4) is 0 Å². The number of hydrogen-bond acceptors (Lipinski definition) is 7. The number of nitrogens with zero attached hydrogens (tertiary/aromatic N) is 3. The molecule has 1 aromatic heterocycles. The number of anilines is 1. The summed E-state index contributed by atoms with van der Waals surface area (Å²) < 4.78 is 17.5. The fourth-order valence-electron chi connectivity index (χ4n) is 2.28. The van der Waals surface area contributed by atoms with Crippen molar-refractivity contribution < 1.29 is 19.0 Å². The lowest BCUT2D eigenvalue weighted by Crippen LogP contribution is -2.14. The highest BCUT2D eigenvalue weighted by atomic mass is 32.2. The summed E-state index contributed by atoms with van der Waals surface area (Å²) in [5.74, 6) is 2.05. The third kappa shape index (κ3) is 4.12. The van der Waals surface area contributed by atoms with E-state index in [9.17, 15) is 4.79 Å². The molecular weight excluding hydrogens is 344 g/mol. The van der Waals surface area contributed by atoms with Crippen LogP contribution in [-0.4, -0.2) is 40.3 Å². The summed E-state index contributed by atoms with van der Waals surface area (Å²) in [6.45, 7) is 4.83. The number of aromatic nitrogens is 3. The monoisotopic (exact) mass is 362 g/mol. The van der Waals surface area contributed by atoms with Gasteiger partial charge in [0.1, 0.15) is 6.61 Å². The second-order valence-corrected chi connectivity index (χ2v) is 6.08. The largest absolute Gasteiger partial charge is 0.454 e. The first-order chi connectivity index (χ1) is 12.2. The van der Waals surface area contributed by atoms with Gasteiger partial charge in [-0.05, 0) is 12.1 Å². The van der Waals surface area contributed by atoms with Crippen LogP contribution in [0.1, 0.15) is 5.82 Å². The summed E-state index contributed by atoms with van der Waals surface area (Å²) in [7, 11) is 1.60. The predicted octanol–water partition coefficient (Wildman–Crippen LogP) is 2.07. The molecule has 0 unspecified atom stereocenters. The molecule has 0 spiro atoms. The molecule has 0 radical (unpaired) electrons. The fraction of sp³-hybridized carbons (Fsp3) is 0.312. The van der Waals surface area contributed by atoms with Crippen LogP contribution in [0, 0.1) is 0 Å². The Labute approximate surface area is 149 Å². The summed E-state index contributed by atoms with van der Waals surface area (Å²) in [6.07, 6.45) is 1.75. The van der Waals surface area contributed by atoms with Gasteiger partial charge in [-0.1, -0.05) is 17.8 Å². The van der Waals surface area contributed by atoms with Gasteiger partial charge in [-0.2, -0.15) is 0 Å². The maximum absolute atomic E-state index is 12.2. The molecule has 9 heteroatoms. The van der Waals surface area contributed by atoms with Gasteiger partial charge < -0.3 is 24.1 Å².